The van der Waals surface area contributed by atoms with Crippen LogP contribution in [0.5, 0.6) is 0 Å². The molecule has 0 N–H and O–H groups in total. The van der Waals surface area contributed by atoms with Gasteiger partial charge in [0.25, 0.3) is 0 Å². The molecule has 0 fully saturated rings. The Balaban J connectivity index is 1.38. The molecule has 4 heteroatoms. The van der Waals surface area contributed by atoms with Crippen molar-refractivity contribution in [3.8, 4) is 11.3 Å². The minimum atomic E-state index is -0.640. The molecule has 0 bridgehead atoms. The Bertz CT molecular complexity index is 1790. The van der Waals surface area contributed by atoms with Gasteiger partial charge in [0.2, 0.25) is 0 Å². The van der Waals surface area contributed by atoms with E-state index in [0.717, 1.165) is 51.1 Å². The summed E-state index contributed by atoms with van der Waals surface area (Å²) >= 11 is 0. The van der Waals surface area contributed by atoms with E-state index in [4.69, 9.17) is 4.98 Å². The first-order chi connectivity index (χ1) is 20.7. The molecule has 2 aromatic heterocycles. The second kappa shape index (κ2) is 10.9. The molecule has 1 aliphatic rings. The van der Waals surface area contributed by atoms with Gasteiger partial charge in [0, 0.05) is 35.3 Å². The second-order valence-electron chi connectivity index (χ2n) is 10.6. The van der Waals surface area contributed by atoms with Gasteiger partial charge in [-0.1, -0.05) is 115 Å². The fourth-order valence-electron chi connectivity index (χ4n) is 6.21. The molecule has 7 rings (SSSR count). The van der Waals surface area contributed by atoms with Gasteiger partial charge in [-0.15, -0.1) is 0 Å². The minimum absolute atomic E-state index is 0.0564. The van der Waals surface area contributed by atoms with Crippen LogP contribution in [0, 0.1) is 0 Å². The van der Waals surface area contributed by atoms with Crippen molar-refractivity contribution in [2.75, 3.05) is 0 Å². The molecule has 4 aromatic carbocycles. The van der Waals surface area contributed by atoms with Crippen LogP contribution in [-0.2, 0) is 12.0 Å². The summed E-state index contributed by atoms with van der Waals surface area (Å²) in [6, 6.07) is 41.9. The van der Waals surface area contributed by atoms with Gasteiger partial charge in [-0.25, -0.2) is 4.98 Å². The van der Waals surface area contributed by atoms with Crippen LogP contribution >= 0.6 is 0 Å². The number of allylic oxidation sites excluding steroid dienone is 1. The third-order valence-corrected chi connectivity index (χ3v) is 8.22. The van der Waals surface area contributed by atoms with E-state index in [1.165, 1.54) is 0 Å². The van der Waals surface area contributed by atoms with E-state index in [9.17, 15) is 4.79 Å². The number of Topliss-reactive ketones (excluding diaryl/α,β-unsaturated/α-hetero) is 1. The Labute approximate surface area is 245 Å². The molecule has 2 heterocycles. The highest BCUT2D eigenvalue weighted by Crippen LogP contribution is 2.41. The number of nitrogens with zero attached hydrogens (tertiary/aromatic N) is 3. The number of carbonyl (C=O) groups excluding carboxylic acids is 1. The third-order valence-electron chi connectivity index (χ3n) is 8.22. The van der Waals surface area contributed by atoms with E-state index in [1.807, 2.05) is 48.8 Å². The predicted molar refractivity (Wildman–Crippen MR) is 167 cm³/mol. The summed E-state index contributed by atoms with van der Waals surface area (Å²) in [5, 5.41) is 0. The number of pyridine rings is 1. The fourth-order valence-corrected chi connectivity index (χ4v) is 6.21. The van der Waals surface area contributed by atoms with Crippen molar-refractivity contribution in [2.45, 2.75) is 18.4 Å². The number of rotatable bonds is 6. The van der Waals surface area contributed by atoms with Crippen LogP contribution in [0.3, 0.4) is 0 Å². The number of carbonyl (C=O) groups is 1. The number of aromatic nitrogens is 3. The van der Waals surface area contributed by atoms with Crippen LogP contribution in [0.1, 0.15) is 44.6 Å². The van der Waals surface area contributed by atoms with Gasteiger partial charge in [0.05, 0.1) is 12.0 Å². The fraction of sp³-hybridized carbons (Fsp3) is 0.0789. The van der Waals surface area contributed by atoms with Gasteiger partial charge in [-0.2, -0.15) is 0 Å². The Morgan fingerprint density at radius 1 is 0.667 bits per heavy atom. The minimum Gasteiger partial charge on any atom is -0.318 e. The third kappa shape index (κ3) is 4.38. The predicted octanol–water partition coefficient (Wildman–Crippen LogP) is 8.00. The van der Waals surface area contributed by atoms with Crippen molar-refractivity contribution in [2.24, 2.45) is 0 Å². The molecule has 1 aliphatic carbocycles. The summed E-state index contributed by atoms with van der Waals surface area (Å²) in [5.41, 5.74) is 8.16. The number of hydrogen-bond donors (Lipinski definition) is 0. The van der Waals surface area contributed by atoms with E-state index >= 15 is 0 Å². The molecular weight excluding hydrogens is 514 g/mol. The van der Waals surface area contributed by atoms with Gasteiger partial charge in [0.1, 0.15) is 5.54 Å². The van der Waals surface area contributed by atoms with Crippen LogP contribution in [0.25, 0.3) is 17.3 Å². The van der Waals surface area contributed by atoms with E-state index in [0.29, 0.717) is 12.0 Å². The zero-order chi connectivity index (χ0) is 28.4. The molecule has 0 aliphatic heterocycles. The largest absolute Gasteiger partial charge is 0.318 e. The number of benzene rings is 4. The zero-order valence-corrected chi connectivity index (χ0v) is 23.1. The number of hydrogen-bond acceptors (Lipinski definition) is 3. The Hall–Kier alpha value is -5.35. The van der Waals surface area contributed by atoms with Crippen molar-refractivity contribution in [1.29, 1.82) is 0 Å². The first kappa shape index (κ1) is 25.6. The lowest BCUT2D eigenvalue weighted by Gasteiger charge is -2.37. The SMILES string of the molecule is O=C1/C(=C\c2ccccc2-c2cn(C(c3ccccc3)(c3ccccc3)c3ccccc3)cn2)CCc2ccncc21. The highest BCUT2D eigenvalue weighted by Gasteiger charge is 2.38. The van der Waals surface area contributed by atoms with Gasteiger partial charge in [-0.3, -0.25) is 9.78 Å². The Morgan fingerprint density at radius 3 is 1.90 bits per heavy atom. The van der Waals surface area contributed by atoms with Crippen LogP contribution in [-0.4, -0.2) is 20.3 Å². The molecule has 0 atom stereocenters. The van der Waals surface area contributed by atoms with E-state index in [-0.39, 0.29) is 5.78 Å². The quantitative estimate of drug-likeness (QED) is 0.158. The van der Waals surface area contributed by atoms with Gasteiger partial charge >= 0.3 is 0 Å². The summed E-state index contributed by atoms with van der Waals surface area (Å²) in [7, 11) is 0. The number of imidazole rings is 1. The summed E-state index contributed by atoms with van der Waals surface area (Å²) in [5.74, 6) is 0.0564. The summed E-state index contributed by atoms with van der Waals surface area (Å²) in [6.45, 7) is 0. The average molecular weight is 544 g/mol. The maximum atomic E-state index is 13.3. The molecule has 6 aromatic rings. The molecule has 0 amide bonds. The van der Waals surface area contributed by atoms with Crippen molar-refractivity contribution in [3.63, 3.8) is 0 Å². The van der Waals surface area contributed by atoms with Crippen molar-refractivity contribution >= 4 is 11.9 Å². The maximum absolute atomic E-state index is 13.3. The Kier molecular flexibility index (Phi) is 6.65. The van der Waals surface area contributed by atoms with Crippen molar-refractivity contribution < 1.29 is 4.79 Å². The van der Waals surface area contributed by atoms with Crippen LogP contribution < -0.4 is 0 Å². The molecule has 4 nitrogen and oxygen atoms in total. The van der Waals surface area contributed by atoms with Gasteiger partial charge in [0.15, 0.2) is 5.78 Å². The molecule has 202 valence electrons. The first-order valence-corrected chi connectivity index (χ1v) is 14.2. The highest BCUT2D eigenvalue weighted by atomic mass is 16.1. The first-order valence-electron chi connectivity index (χ1n) is 14.2. The smallest absolute Gasteiger partial charge is 0.190 e. The number of ketones is 1. The summed E-state index contributed by atoms with van der Waals surface area (Å²) < 4.78 is 2.22. The van der Waals surface area contributed by atoms with Gasteiger partial charge < -0.3 is 4.57 Å². The standard InChI is InChI=1S/C38H29N3O/c42-37-30(21-20-28-22-23-39-25-35(28)37)24-29-12-10-11-19-34(29)36-26-41(27-40-36)38(31-13-4-1-5-14-31,32-15-6-2-7-16-32)33-17-8-3-9-18-33/h1-19,22-27H,20-21H2/b30-24-. The normalized spacial score (nSPS) is 14.1. The monoisotopic (exact) mass is 543 g/mol. The molecule has 0 radical (unpaired) electrons. The van der Waals surface area contributed by atoms with Crippen LogP contribution in [0.15, 0.2) is 152 Å². The Morgan fingerprint density at radius 2 is 1.26 bits per heavy atom. The lowest BCUT2D eigenvalue weighted by atomic mass is 9.77. The van der Waals surface area contributed by atoms with Crippen molar-refractivity contribution in [3.05, 3.63) is 185 Å². The number of aryl methyl sites for hydroxylation is 1. The zero-order valence-electron chi connectivity index (χ0n) is 23.1. The summed E-state index contributed by atoms with van der Waals surface area (Å²) in [4.78, 5) is 22.5. The second-order valence-corrected chi connectivity index (χ2v) is 10.6. The maximum Gasteiger partial charge on any atom is 0.190 e. The summed E-state index contributed by atoms with van der Waals surface area (Å²) in [6.07, 6.45) is 11.1. The van der Waals surface area contributed by atoms with E-state index < -0.39 is 5.54 Å². The van der Waals surface area contributed by atoms with Crippen LogP contribution in [0.2, 0.25) is 0 Å². The van der Waals surface area contributed by atoms with E-state index in [1.54, 1.807) is 12.4 Å². The molecule has 0 unspecified atom stereocenters. The molecule has 42 heavy (non-hydrogen) atoms. The molecule has 0 saturated heterocycles. The van der Waals surface area contributed by atoms with E-state index in [2.05, 4.69) is 101 Å². The lowest BCUT2D eigenvalue weighted by molar-refractivity contribution is 0.102. The number of fused-ring (bicyclic) bond motifs is 1. The highest BCUT2D eigenvalue weighted by molar-refractivity contribution is 6.13. The molecule has 0 spiro atoms. The average Bonchev–Trinajstić information content (AvgIpc) is 3.55. The topological polar surface area (TPSA) is 47.8 Å². The lowest BCUT2D eigenvalue weighted by Crippen LogP contribution is -2.36. The molecule has 0 saturated carbocycles. The molecular formula is C38H29N3O. The van der Waals surface area contributed by atoms with Gasteiger partial charge in [-0.05, 0) is 52.8 Å². The van der Waals surface area contributed by atoms with Crippen molar-refractivity contribution in [1.82, 2.24) is 14.5 Å². The van der Waals surface area contributed by atoms with Crippen LogP contribution in [0.4, 0.5) is 0 Å².